The van der Waals surface area contributed by atoms with Gasteiger partial charge in [0.25, 0.3) is 0 Å². The molecule has 0 aliphatic rings. The third-order valence-corrected chi connectivity index (χ3v) is 14.4. The highest BCUT2D eigenvalue weighted by atomic mass is 16.6. The first-order valence-electron chi connectivity index (χ1n) is 31.8. The minimum atomic E-state index is -0.767. The molecule has 0 unspecified atom stereocenters. The fraction of sp³-hybridized carbons (Fsp3) is 0.892. The second-order valence-corrected chi connectivity index (χ2v) is 21.7. The van der Waals surface area contributed by atoms with Crippen LogP contribution in [-0.4, -0.2) is 37.2 Å². The maximum absolute atomic E-state index is 12.8. The Bertz CT molecular complexity index is 1080. The van der Waals surface area contributed by atoms with Gasteiger partial charge < -0.3 is 14.2 Å². The van der Waals surface area contributed by atoms with E-state index in [1.54, 1.807) is 0 Å². The summed E-state index contributed by atoms with van der Waals surface area (Å²) < 4.78 is 16.9. The van der Waals surface area contributed by atoms with E-state index in [2.05, 4.69) is 45.1 Å². The van der Waals surface area contributed by atoms with Crippen LogP contribution < -0.4 is 0 Å². The van der Waals surface area contributed by atoms with Gasteiger partial charge in [-0.3, -0.25) is 14.4 Å². The second kappa shape index (κ2) is 60.4. The molecule has 0 spiro atoms. The largest absolute Gasteiger partial charge is 0.462 e. The molecule has 0 atom stereocenters. The van der Waals surface area contributed by atoms with Crippen LogP contribution in [0.1, 0.15) is 355 Å². The first-order chi connectivity index (χ1) is 35.0. The number of carbonyl (C=O) groups excluding carboxylic acids is 3. The summed E-state index contributed by atoms with van der Waals surface area (Å²) >= 11 is 0. The molecule has 0 aromatic rings. The molecular formula is C65H122O6. The van der Waals surface area contributed by atoms with Gasteiger partial charge in [0, 0.05) is 19.3 Å². The van der Waals surface area contributed by atoms with Crippen molar-refractivity contribution in [1.29, 1.82) is 0 Å². The van der Waals surface area contributed by atoms with Gasteiger partial charge >= 0.3 is 17.9 Å². The molecule has 0 fully saturated rings. The van der Waals surface area contributed by atoms with Crippen molar-refractivity contribution in [3.8, 4) is 0 Å². The zero-order chi connectivity index (χ0) is 51.4. The summed E-state index contributed by atoms with van der Waals surface area (Å²) in [6.45, 7) is 6.68. The highest BCUT2D eigenvalue weighted by Gasteiger charge is 2.19. The number of rotatable bonds is 59. The molecule has 6 nitrogen and oxygen atoms in total. The fourth-order valence-corrected chi connectivity index (χ4v) is 9.61. The molecule has 6 heteroatoms. The molecule has 0 rings (SSSR count). The van der Waals surface area contributed by atoms with E-state index in [9.17, 15) is 14.4 Å². The Labute approximate surface area is 443 Å². The molecule has 0 bridgehead atoms. The maximum atomic E-state index is 12.8. The Hall–Kier alpha value is -2.11. The highest BCUT2D eigenvalue weighted by Crippen LogP contribution is 2.17. The summed E-state index contributed by atoms with van der Waals surface area (Å²) in [6.07, 6.45) is 71.9. The summed E-state index contributed by atoms with van der Waals surface area (Å²) in [5.74, 6) is -0.844. The molecule has 0 heterocycles. The number of carbonyl (C=O) groups is 3. The standard InChI is InChI=1S/C65H122O6/c1-4-7-10-13-16-19-22-24-26-28-30-32-34-36-38-40-43-45-48-51-54-57-63(66)69-60-62(71-65(68)59-56-53-50-47-42-21-18-15-12-9-6-3)61-70-64(67)58-55-52-49-46-44-41-39-37-35-33-31-29-27-25-23-20-17-14-11-8-5-2/h24-27,62H,4-23,28-61H2,1-3H3/b26-24-,27-25-. The van der Waals surface area contributed by atoms with Crippen LogP contribution in [0, 0.1) is 0 Å². The van der Waals surface area contributed by atoms with Gasteiger partial charge in [0.05, 0.1) is 0 Å². The van der Waals surface area contributed by atoms with Crippen molar-refractivity contribution < 1.29 is 28.6 Å². The third kappa shape index (κ3) is 58.7. The van der Waals surface area contributed by atoms with Gasteiger partial charge in [0.15, 0.2) is 6.10 Å². The van der Waals surface area contributed by atoms with E-state index in [-0.39, 0.29) is 31.1 Å². The van der Waals surface area contributed by atoms with Crippen molar-refractivity contribution in [2.24, 2.45) is 0 Å². The number of unbranched alkanes of at least 4 members (excludes halogenated alkanes) is 44. The number of ether oxygens (including phenoxy) is 3. The average molecular weight is 1000 g/mol. The number of hydrogen-bond acceptors (Lipinski definition) is 6. The first kappa shape index (κ1) is 68.9. The molecule has 0 aliphatic heterocycles. The molecule has 418 valence electrons. The monoisotopic (exact) mass is 999 g/mol. The number of hydrogen-bond donors (Lipinski definition) is 0. The summed E-state index contributed by atoms with van der Waals surface area (Å²) in [4.78, 5) is 38.2. The molecule has 0 saturated carbocycles. The summed E-state index contributed by atoms with van der Waals surface area (Å²) in [5, 5.41) is 0. The maximum Gasteiger partial charge on any atom is 0.306 e. The summed E-state index contributed by atoms with van der Waals surface area (Å²) in [6, 6.07) is 0. The zero-order valence-electron chi connectivity index (χ0n) is 48.0. The van der Waals surface area contributed by atoms with Crippen molar-refractivity contribution in [2.75, 3.05) is 13.2 Å². The average Bonchev–Trinajstić information content (AvgIpc) is 3.37. The molecule has 0 N–H and O–H groups in total. The molecule has 0 aliphatic carbocycles. The minimum Gasteiger partial charge on any atom is -0.462 e. The van der Waals surface area contributed by atoms with Crippen molar-refractivity contribution in [2.45, 2.75) is 361 Å². The molecular weight excluding hydrogens is 877 g/mol. The summed E-state index contributed by atoms with van der Waals surface area (Å²) in [5.41, 5.74) is 0. The molecule has 0 radical (unpaired) electrons. The molecule has 0 saturated heterocycles. The van der Waals surface area contributed by atoms with Crippen LogP contribution in [0.15, 0.2) is 24.3 Å². The van der Waals surface area contributed by atoms with Crippen LogP contribution in [0.25, 0.3) is 0 Å². The molecule has 0 amide bonds. The van der Waals surface area contributed by atoms with Gasteiger partial charge in [0.1, 0.15) is 13.2 Å². The Morgan fingerprint density at radius 1 is 0.268 bits per heavy atom. The SMILES string of the molecule is CCCCCCCC/C=C\CCCCCCCCCCCCCC(=O)OCC(COC(=O)CCCCCCCCCCCCC/C=C\CCCCCCCC)OC(=O)CCCCCCCCCCCCC. The molecule has 0 aromatic heterocycles. The van der Waals surface area contributed by atoms with Crippen molar-refractivity contribution in [3.05, 3.63) is 24.3 Å². The lowest BCUT2D eigenvalue weighted by molar-refractivity contribution is -0.167. The van der Waals surface area contributed by atoms with Crippen molar-refractivity contribution in [1.82, 2.24) is 0 Å². The van der Waals surface area contributed by atoms with Gasteiger partial charge in [-0.05, 0) is 70.6 Å². The zero-order valence-corrected chi connectivity index (χ0v) is 48.0. The lowest BCUT2D eigenvalue weighted by Crippen LogP contribution is -2.30. The lowest BCUT2D eigenvalue weighted by Gasteiger charge is -2.18. The van der Waals surface area contributed by atoms with Gasteiger partial charge in [-0.2, -0.15) is 0 Å². The first-order valence-corrected chi connectivity index (χ1v) is 31.8. The van der Waals surface area contributed by atoms with Gasteiger partial charge in [-0.25, -0.2) is 0 Å². The van der Waals surface area contributed by atoms with E-state index in [0.29, 0.717) is 19.3 Å². The highest BCUT2D eigenvalue weighted by molar-refractivity contribution is 5.71. The van der Waals surface area contributed by atoms with E-state index in [4.69, 9.17) is 14.2 Å². The van der Waals surface area contributed by atoms with Crippen LogP contribution >= 0.6 is 0 Å². The van der Waals surface area contributed by atoms with Crippen LogP contribution in [-0.2, 0) is 28.6 Å². The topological polar surface area (TPSA) is 78.9 Å². The fourth-order valence-electron chi connectivity index (χ4n) is 9.61. The van der Waals surface area contributed by atoms with Crippen molar-refractivity contribution >= 4 is 17.9 Å². The van der Waals surface area contributed by atoms with Gasteiger partial charge in [0.2, 0.25) is 0 Å². The second-order valence-electron chi connectivity index (χ2n) is 21.7. The van der Waals surface area contributed by atoms with Crippen LogP contribution in [0.5, 0.6) is 0 Å². The Balaban J connectivity index is 4.21. The van der Waals surface area contributed by atoms with E-state index in [1.807, 2.05) is 0 Å². The van der Waals surface area contributed by atoms with Gasteiger partial charge in [-0.15, -0.1) is 0 Å². The lowest BCUT2D eigenvalue weighted by atomic mass is 10.0. The normalized spacial score (nSPS) is 11.7. The van der Waals surface area contributed by atoms with E-state index < -0.39 is 6.10 Å². The van der Waals surface area contributed by atoms with Crippen LogP contribution in [0.4, 0.5) is 0 Å². The smallest absolute Gasteiger partial charge is 0.306 e. The Morgan fingerprint density at radius 2 is 0.465 bits per heavy atom. The van der Waals surface area contributed by atoms with Gasteiger partial charge in [-0.1, -0.05) is 289 Å². The molecule has 71 heavy (non-hydrogen) atoms. The Kier molecular flexibility index (Phi) is 58.6. The number of allylic oxidation sites excluding steroid dienone is 4. The van der Waals surface area contributed by atoms with Crippen LogP contribution in [0.2, 0.25) is 0 Å². The van der Waals surface area contributed by atoms with Crippen molar-refractivity contribution in [3.63, 3.8) is 0 Å². The van der Waals surface area contributed by atoms with E-state index >= 15 is 0 Å². The Morgan fingerprint density at radius 3 is 0.704 bits per heavy atom. The minimum absolute atomic E-state index is 0.0667. The number of esters is 3. The predicted molar refractivity (Wildman–Crippen MR) is 307 cm³/mol. The van der Waals surface area contributed by atoms with E-state index in [0.717, 1.165) is 57.8 Å². The van der Waals surface area contributed by atoms with E-state index in [1.165, 1.54) is 257 Å². The predicted octanol–water partition coefficient (Wildman–Crippen LogP) is 21.4. The summed E-state index contributed by atoms with van der Waals surface area (Å²) in [7, 11) is 0. The quantitative estimate of drug-likeness (QED) is 0.0261. The third-order valence-electron chi connectivity index (χ3n) is 14.4. The molecule has 0 aromatic carbocycles. The van der Waals surface area contributed by atoms with Crippen LogP contribution in [0.3, 0.4) is 0 Å².